The van der Waals surface area contributed by atoms with E-state index in [4.69, 9.17) is 9.68 Å². The van der Waals surface area contributed by atoms with Crippen LogP contribution >= 0.6 is 0 Å². The van der Waals surface area contributed by atoms with E-state index in [1.54, 1.807) is 0 Å². The summed E-state index contributed by atoms with van der Waals surface area (Å²) in [5.74, 6) is 0. The lowest BCUT2D eigenvalue weighted by Gasteiger charge is -2.03. The highest BCUT2D eigenvalue weighted by atomic mass is 16.7. The molecule has 2 rings (SSSR count). The number of hydroxylamine groups is 1. The van der Waals surface area contributed by atoms with Crippen LogP contribution in [0.15, 0.2) is 5.16 Å². The zero-order valence-corrected chi connectivity index (χ0v) is 5.67. The fraction of sp³-hybridized carbons (Fsp3) is 0.833. The average Bonchev–Trinajstić information content (AvgIpc) is 2.59. The largest absolute Gasteiger partial charge is 0.395 e. The molecule has 1 unspecified atom stereocenters. The standard InChI is InChI=1S/C6H10N2O2/c1-3-9-7-5(1)6-2-4-10-8-6/h5,7H,1-4H2. The number of hydrogen-bond acceptors (Lipinski definition) is 4. The molecule has 0 spiro atoms. The highest BCUT2D eigenvalue weighted by Gasteiger charge is 2.23. The van der Waals surface area contributed by atoms with Crippen LogP contribution in [0.25, 0.3) is 0 Å². The van der Waals surface area contributed by atoms with Crippen molar-refractivity contribution in [3.05, 3.63) is 0 Å². The second-order valence-corrected chi connectivity index (χ2v) is 2.47. The lowest BCUT2D eigenvalue weighted by atomic mass is 10.1. The van der Waals surface area contributed by atoms with Crippen LogP contribution in [0, 0.1) is 0 Å². The molecule has 0 aromatic carbocycles. The van der Waals surface area contributed by atoms with Crippen LogP contribution in [0.4, 0.5) is 0 Å². The van der Waals surface area contributed by atoms with E-state index in [1.807, 2.05) is 0 Å². The molecular formula is C6H10N2O2. The van der Waals surface area contributed by atoms with E-state index in [2.05, 4.69) is 10.6 Å². The smallest absolute Gasteiger partial charge is 0.122 e. The number of nitrogens with zero attached hydrogens (tertiary/aromatic N) is 1. The van der Waals surface area contributed by atoms with E-state index in [1.165, 1.54) is 0 Å². The van der Waals surface area contributed by atoms with Gasteiger partial charge in [-0.1, -0.05) is 5.16 Å². The molecule has 56 valence electrons. The van der Waals surface area contributed by atoms with E-state index in [-0.39, 0.29) is 0 Å². The zero-order chi connectivity index (χ0) is 6.81. The van der Waals surface area contributed by atoms with Gasteiger partial charge >= 0.3 is 0 Å². The van der Waals surface area contributed by atoms with Gasteiger partial charge in [0.15, 0.2) is 0 Å². The Hall–Kier alpha value is -0.610. The second kappa shape index (κ2) is 2.56. The molecule has 10 heavy (non-hydrogen) atoms. The van der Waals surface area contributed by atoms with E-state index in [0.29, 0.717) is 6.04 Å². The first kappa shape index (κ1) is 6.12. The molecule has 1 saturated heterocycles. The Balaban J connectivity index is 1.97. The van der Waals surface area contributed by atoms with Crippen molar-refractivity contribution >= 4 is 5.71 Å². The summed E-state index contributed by atoms with van der Waals surface area (Å²) in [7, 11) is 0. The molecule has 1 atom stereocenters. The molecule has 1 fully saturated rings. The minimum Gasteiger partial charge on any atom is -0.395 e. The molecule has 0 radical (unpaired) electrons. The van der Waals surface area contributed by atoms with Crippen molar-refractivity contribution in [2.75, 3.05) is 13.2 Å². The summed E-state index contributed by atoms with van der Waals surface area (Å²) in [5.41, 5.74) is 3.98. The monoisotopic (exact) mass is 142 g/mol. The minimum absolute atomic E-state index is 0.308. The van der Waals surface area contributed by atoms with E-state index in [0.717, 1.165) is 31.8 Å². The summed E-state index contributed by atoms with van der Waals surface area (Å²) in [6.45, 7) is 1.51. The quantitative estimate of drug-likeness (QED) is 0.562. The fourth-order valence-corrected chi connectivity index (χ4v) is 1.19. The van der Waals surface area contributed by atoms with Crippen LogP contribution in [0.1, 0.15) is 12.8 Å². The maximum Gasteiger partial charge on any atom is 0.122 e. The third kappa shape index (κ3) is 0.998. The molecule has 0 aromatic rings. The van der Waals surface area contributed by atoms with Crippen molar-refractivity contribution in [3.8, 4) is 0 Å². The minimum atomic E-state index is 0.308. The van der Waals surface area contributed by atoms with Gasteiger partial charge in [0.25, 0.3) is 0 Å². The molecule has 0 aromatic heterocycles. The molecule has 4 heteroatoms. The van der Waals surface area contributed by atoms with Crippen LogP contribution in [0.5, 0.6) is 0 Å². The van der Waals surface area contributed by atoms with Gasteiger partial charge in [0.2, 0.25) is 0 Å². The zero-order valence-electron chi connectivity index (χ0n) is 5.67. The maximum atomic E-state index is 4.98. The molecule has 0 amide bonds. The molecule has 4 nitrogen and oxygen atoms in total. The molecule has 0 bridgehead atoms. The second-order valence-electron chi connectivity index (χ2n) is 2.47. The van der Waals surface area contributed by atoms with Gasteiger partial charge in [0, 0.05) is 6.42 Å². The Morgan fingerprint density at radius 1 is 1.50 bits per heavy atom. The van der Waals surface area contributed by atoms with Gasteiger partial charge in [-0.25, -0.2) is 0 Å². The summed E-state index contributed by atoms with van der Waals surface area (Å²) in [6.07, 6.45) is 1.96. The molecule has 1 N–H and O–H groups in total. The van der Waals surface area contributed by atoms with Gasteiger partial charge in [-0.3, -0.25) is 0 Å². The van der Waals surface area contributed by atoms with Gasteiger partial charge in [0.05, 0.1) is 18.4 Å². The molecule has 2 aliphatic rings. The molecule has 0 saturated carbocycles. The van der Waals surface area contributed by atoms with Gasteiger partial charge in [-0.15, -0.1) is 0 Å². The SMILES string of the molecule is C1CC(C2CCON2)=NO1. The van der Waals surface area contributed by atoms with E-state index >= 15 is 0 Å². The highest BCUT2D eigenvalue weighted by Crippen LogP contribution is 2.10. The lowest BCUT2D eigenvalue weighted by Crippen LogP contribution is -2.28. The van der Waals surface area contributed by atoms with E-state index < -0.39 is 0 Å². The molecule has 2 aliphatic heterocycles. The third-order valence-electron chi connectivity index (χ3n) is 1.77. The van der Waals surface area contributed by atoms with Gasteiger partial charge < -0.3 is 9.68 Å². The third-order valence-corrected chi connectivity index (χ3v) is 1.77. The fourth-order valence-electron chi connectivity index (χ4n) is 1.19. The Kier molecular flexibility index (Phi) is 1.56. The highest BCUT2D eigenvalue weighted by molar-refractivity contribution is 5.90. The molecular weight excluding hydrogens is 132 g/mol. The number of nitrogens with one attached hydrogen (secondary N) is 1. The van der Waals surface area contributed by atoms with Gasteiger partial charge in [0.1, 0.15) is 6.61 Å². The van der Waals surface area contributed by atoms with Crippen molar-refractivity contribution in [1.29, 1.82) is 0 Å². The van der Waals surface area contributed by atoms with Crippen LogP contribution in [-0.2, 0) is 9.68 Å². The topological polar surface area (TPSA) is 42.8 Å². The molecule has 2 heterocycles. The van der Waals surface area contributed by atoms with Crippen molar-refractivity contribution in [1.82, 2.24) is 5.48 Å². The van der Waals surface area contributed by atoms with Crippen molar-refractivity contribution in [2.24, 2.45) is 5.16 Å². The van der Waals surface area contributed by atoms with Crippen LogP contribution in [-0.4, -0.2) is 25.0 Å². The number of hydrogen-bond donors (Lipinski definition) is 1. The Labute approximate surface area is 59.1 Å². The van der Waals surface area contributed by atoms with Crippen molar-refractivity contribution in [3.63, 3.8) is 0 Å². The first-order valence-electron chi connectivity index (χ1n) is 3.53. The summed E-state index contributed by atoms with van der Waals surface area (Å²) in [5, 5.41) is 3.89. The summed E-state index contributed by atoms with van der Waals surface area (Å²) >= 11 is 0. The average molecular weight is 142 g/mol. The van der Waals surface area contributed by atoms with Crippen LogP contribution in [0.3, 0.4) is 0 Å². The first-order valence-corrected chi connectivity index (χ1v) is 3.53. The van der Waals surface area contributed by atoms with Crippen LogP contribution in [0.2, 0.25) is 0 Å². The molecule has 0 aliphatic carbocycles. The first-order chi connectivity index (χ1) is 4.97. The van der Waals surface area contributed by atoms with Crippen LogP contribution < -0.4 is 5.48 Å². The van der Waals surface area contributed by atoms with Crippen molar-refractivity contribution in [2.45, 2.75) is 18.9 Å². The van der Waals surface area contributed by atoms with Gasteiger partial charge in [-0.2, -0.15) is 5.48 Å². The van der Waals surface area contributed by atoms with Crippen molar-refractivity contribution < 1.29 is 9.68 Å². The summed E-state index contributed by atoms with van der Waals surface area (Å²) in [6, 6.07) is 0.308. The predicted molar refractivity (Wildman–Crippen MR) is 35.5 cm³/mol. The van der Waals surface area contributed by atoms with Gasteiger partial charge in [-0.05, 0) is 6.42 Å². The summed E-state index contributed by atoms with van der Waals surface area (Å²) in [4.78, 5) is 9.84. The van der Waals surface area contributed by atoms with E-state index in [9.17, 15) is 0 Å². The Bertz CT molecular complexity index is 152. The predicted octanol–water partition coefficient (Wildman–Crippen LogP) is 0.0562. The summed E-state index contributed by atoms with van der Waals surface area (Å²) < 4.78 is 0. The number of rotatable bonds is 1. The normalized spacial score (nSPS) is 32.0. The Morgan fingerprint density at radius 2 is 2.50 bits per heavy atom. The Morgan fingerprint density at radius 3 is 3.10 bits per heavy atom. The number of oxime groups is 1. The maximum absolute atomic E-state index is 4.98. The lowest BCUT2D eigenvalue weighted by molar-refractivity contribution is 0.0962.